The van der Waals surface area contributed by atoms with Crippen LogP contribution < -0.4 is 15.5 Å². The summed E-state index contributed by atoms with van der Waals surface area (Å²) in [5.41, 5.74) is 14.7. The number of benzene rings is 3. The molecule has 0 aliphatic carbocycles. The van der Waals surface area contributed by atoms with Gasteiger partial charge >= 0.3 is 0 Å². The molecular formula is C29H33N3. The van der Waals surface area contributed by atoms with E-state index in [1.165, 1.54) is 39.5 Å². The Kier molecular flexibility index (Phi) is 6.77. The summed E-state index contributed by atoms with van der Waals surface area (Å²) in [6.45, 7) is 5.12. The van der Waals surface area contributed by atoms with Crippen LogP contribution in [0.25, 0.3) is 5.57 Å². The van der Waals surface area contributed by atoms with Crippen LogP contribution in [-0.4, -0.2) is 19.6 Å². The van der Waals surface area contributed by atoms with Crippen molar-refractivity contribution in [2.24, 2.45) is 5.73 Å². The van der Waals surface area contributed by atoms with Crippen molar-refractivity contribution in [1.29, 1.82) is 0 Å². The fourth-order valence-electron chi connectivity index (χ4n) is 4.43. The number of para-hydroxylation sites is 3. The number of hydrogen-bond donors (Lipinski definition) is 1. The van der Waals surface area contributed by atoms with Gasteiger partial charge < -0.3 is 15.5 Å². The number of anilines is 3. The highest BCUT2D eigenvalue weighted by Gasteiger charge is 2.24. The number of allylic oxidation sites excluding steroid dienone is 3. The average molecular weight is 424 g/mol. The van der Waals surface area contributed by atoms with E-state index < -0.39 is 0 Å². The van der Waals surface area contributed by atoms with E-state index in [1.54, 1.807) is 0 Å². The molecule has 0 saturated carbocycles. The molecule has 0 radical (unpaired) electrons. The molecule has 0 fully saturated rings. The van der Waals surface area contributed by atoms with Crippen LogP contribution in [0.5, 0.6) is 0 Å². The second-order valence-corrected chi connectivity index (χ2v) is 8.48. The third kappa shape index (κ3) is 4.49. The molecular weight excluding hydrogens is 390 g/mol. The Morgan fingerprint density at radius 2 is 1.62 bits per heavy atom. The van der Waals surface area contributed by atoms with Gasteiger partial charge in [-0.25, -0.2) is 0 Å². The Labute approximate surface area is 192 Å². The molecule has 0 saturated heterocycles. The first-order valence-electron chi connectivity index (χ1n) is 11.5. The van der Waals surface area contributed by atoms with Gasteiger partial charge in [0.05, 0.1) is 5.69 Å². The Hall–Kier alpha value is -3.30. The normalized spacial score (nSPS) is 15.3. The maximum Gasteiger partial charge on any atom is 0.0536 e. The number of likely N-dealkylation sites (N-methyl/N-ethyl adjacent to an activating group) is 1. The maximum atomic E-state index is 5.89. The highest BCUT2D eigenvalue weighted by atomic mass is 15.2. The van der Waals surface area contributed by atoms with Crippen molar-refractivity contribution in [3.63, 3.8) is 0 Å². The number of nitrogens with zero attached hydrogens (tertiary/aromatic N) is 2. The number of fused-ring (bicyclic) bond motifs is 1. The second kappa shape index (κ2) is 9.88. The molecule has 164 valence electrons. The number of hydrogen-bond acceptors (Lipinski definition) is 3. The Bertz CT molecular complexity index is 1110. The molecule has 3 aromatic carbocycles. The summed E-state index contributed by atoms with van der Waals surface area (Å²) >= 11 is 0. The van der Waals surface area contributed by atoms with Crippen molar-refractivity contribution in [2.45, 2.75) is 32.7 Å². The predicted molar refractivity (Wildman–Crippen MR) is 138 cm³/mol. The lowest BCUT2D eigenvalue weighted by Crippen LogP contribution is -2.28. The number of aryl methyl sites for hydroxylation is 1. The van der Waals surface area contributed by atoms with E-state index in [0.717, 1.165) is 12.8 Å². The predicted octanol–water partition coefficient (Wildman–Crippen LogP) is 6.68. The number of rotatable bonds is 7. The lowest BCUT2D eigenvalue weighted by atomic mass is 9.93. The molecule has 2 N–H and O–H groups in total. The van der Waals surface area contributed by atoms with Gasteiger partial charge in [-0.2, -0.15) is 0 Å². The van der Waals surface area contributed by atoms with Gasteiger partial charge in [0, 0.05) is 35.7 Å². The highest BCUT2D eigenvalue weighted by molar-refractivity contribution is 5.91. The van der Waals surface area contributed by atoms with E-state index in [1.807, 2.05) is 0 Å². The van der Waals surface area contributed by atoms with Crippen LogP contribution in [0.15, 0.2) is 96.7 Å². The maximum absolute atomic E-state index is 5.89. The van der Waals surface area contributed by atoms with Crippen molar-refractivity contribution in [3.8, 4) is 0 Å². The van der Waals surface area contributed by atoms with Crippen molar-refractivity contribution in [3.05, 3.63) is 108 Å². The van der Waals surface area contributed by atoms with Crippen LogP contribution >= 0.6 is 0 Å². The third-order valence-corrected chi connectivity index (χ3v) is 6.24. The minimum Gasteiger partial charge on any atom is -0.368 e. The molecule has 32 heavy (non-hydrogen) atoms. The van der Waals surface area contributed by atoms with Gasteiger partial charge in [0.2, 0.25) is 0 Å². The Morgan fingerprint density at radius 3 is 2.38 bits per heavy atom. The first-order chi connectivity index (χ1) is 15.6. The second-order valence-electron chi connectivity index (χ2n) is 8.48. The molecule has 1 heterocycles. The standard InChI is InChI=1S/C29H33N3/c1-22-12-7-9-17-28(22)31(3)23(2)20-24-21-26(15-11-19-30)32(25-13-5-4-6-14-25)29-18-10-8-16-27(24)29/h4-10,12-14,16-18,20-21,23H,11,15,19,30H2,1-3H3. The van der Waals surface area contributed by atoms with Crippen molar-refractivity contribution < 1.29 is 0 Å². The quantitative estimate of drug-likeness (QED) is 0.460. The SMILES string of the molecule is Cc1ccccc1N(C)C(C)C=C1C=C(CCCN)N(c2ccccc2)c2ccccc21. The van der Waals surface area contributed by atoms with E-state index in [2.05, 4.69) is 122 Å². The average Bonchev–Trinajstić information content (AvgIpc) is 2.83. The molecule has 0 amide bonds. The summed E-state index contributed by atoms with van der Waals surface area (Å²) in [7, 11) is 2.17. The summed E-state index contributed by atoms with van der Waals surface area (Å²) in [5, 5.41) is 0. The molecule has 3 nitrogen and oxygen atoms in total. The van der Waals surface area contributed by atoms with Crippen LogP contribution in [-0.2, 0) is 0 Å². The van der Waals surface area contributed by atoms with E-state index >= 15 is 0 Å². The Balaban J connectivity index is 1.77. The zero-order valence-corrected chi connectivity index (χ0v) is 19.3. The van der Waals surface area contributed by atoms with Crippen molar-refractivity contribution in [1.82, 2.24) is 0 Å². The minimum absolute atomic E-state index is 0.245. The molecule has 3 heteroatoms. The van der Waals surface area contributed by atoms with Gasteiger partial charge in [-0.3, -0.25) is 0 Å². The lowest BCUT2D eigenvalue weighted by molar-refractivity contribution is 0.803. The van der Waals surface area contributed by atoms with E-state index in [-0.39, 0.29) is 6.04 Å². The molecule has 4 rings (SSSR count). The van der Waals surface area contributed by atoms with Gasteiger partial charge in [-0.1, -0.05) is 60.7 Å². The summed E-state index contributed by atoms with van der Waals surface area (Å²) in [5.74, 6) is 0. The summed E-state index contributed by atoms with van der Waals surface area (Å²) in [6.07, 6.45) is 6.64. The summed E-state index contributed by atoms with van der Waals surface area (Å²) in [4.78, 5) is 4.74. The molecule has 1 aliphatic rings. The Morgan fingerprint density at radius 1 is 0.938 bits per heavy atom. The van der Waals surface area contributed by atoms with Gasteiger partial charge in [-0.15, -0.1) is 0 Å². The first-order valence-corrected chi connectivity index (χ1v) is 11.5. The van der Waals surface area contributed by atoms with Crippen LogP contribution in [0.1, 0.15) is 30.9 Å². The minimum atomic E-state index is 0.245. The fourth-order valence-corrected chi connectivity index (χ4v) is 4.43. The van der Waals surface area contributed by atoms with Crippen molar-refractivity contribution >= 4 is 22.6 Å². The van der Waals surface area contributed by atoms with Crippen LogP contribution in [0, 0.1) is 6.92 Å². The smallest absolute Gasteiger partial charge is 0.0536 e. The van der Waals surface area contributed by atoms with Crippen LogP contribution in [0.3, 0.4) is 0 Å². The van der Waals surface area contributed by atoms with Gasteiger partial charge in [0.25, 0.3) is 0 Å². The zero-order valence-electron chi connectivity index (χ0n) is 19.3. The molecule has 1 atom stereocenters. The monoisotopic (exact) mass is 423 g/mol. The molecule has 1 aliphatic heterocycles. The van der Waals surface area contributed by atoms with Crippen LogP contribution in [0.2, 0.25) is 0 Å². The van der Waals surface area contributed by atoms with Gasteiger partial charge in [-0.05, 0) is 74.7 Å². The zero-order chi connectivity index (χ0) is 22.5. The summed E-state index contributed by atoms with van der Waals surface area (Å²) < 4.78 is 0. The molecule has 1 unspecified atom stereocenters. The largest absolute Gasteiger partial charge is 0.368 e. The van der Waals surface area contributed by atoms with E-state index in [4.69, 9.17) is 5.73 Å². The topological polar surface area (TPSA) is 32.5 Å². The summed E-state index contributed by atoms with van der Waals surface area (Å²) in [6, 6.07) is 28.1. The molecule has 0 bridgehead atoms. The number of nitrogens with two attached hydrogens (primary N) is 1. The van der Waals surface area contributed by atoms with E-state index in [9.17, 15) is 0 Å². The lowest BCUT2D eigenvalue weighted by Gasteiger charge is -2.35. The van der Waals surface area contributed by atoms with E-state index in [0.29, 0.717) is 6.54 Å². The molecule has 0 aromatic heterocycles. The van der Waals surface area contributed by atoms with Gasteiger partial charge in [0.1, 0.15) is 0 Å². The fraction of sp³-hybridized carbons (Fsp3) is 0.241. The van der Waals surface area contributed by atoms with Crippen LogP contribution in [0.4, 0.5) is 17.1 Å². The first kappa shape index (κ1) is 21.9. The molecule has 3 aromatic rings. The van der Waals surface area contributed by atoms with Gasteiger partial charge in [0.15, 0.2) is 0 Å². The third-order valence-electron chi connectivity index (χ3n) is 6.24. The van der Waals surface area contributed by atoms with Crippen molar-refractivity contribution in [2.75, 3.05) is 23.4 Å². The molecule has 0 spiro atoms. The highest BCUT2D eigenvalue weighted by Crippen LogP contribution is 2.42.